The van der Waals surface area contributed by atoms with Crippen molar-refractivity contribution in [3.63, 3.8) is 0 Å². The predicted molar refractivity (Wildman–Crippen MR) is 67.4 cm³/mol. The molecule has 2 rings (SSSR count). The van der Waals surface area contributed by atoms with Crippen LogP contribution in [0, 0.1) is 11.8 Å². The van der Waals surface area contributed by atoms with Crippen LogP contribution in [0.25, 0.3) is 0 Å². The zero-order valence-corrected chi connectivity index (χ0v) is 11.1. The van der Waals surface area contributed by atoms with Crippen molar-refractivity contribution in [3.05, 3.63) is 0 Å². The smallest absolute Gasteiger partial charge is 0.306 e. The summed E-state index contributed by atoms with van der Waals surface area (Å²) >= 11 is 0. The summed E-state index contributed by atoms with van der Waals surface area (Å²) in [7, 11) is 0. The van der Waals surface area contributed by atoms with Crippen LogP contribution in [0.15, 0.2) is 0 Å². The summed E-state index contributed by atoms with van der Waals surface area (Å²) in [6.07, 6.45) is 2.57. The quantitative estimate of drug-likeness (QED) is 0.620. The van der Waals surface area contributed by atoms with Crippen molar-refractivity contribution in [1.82, 2.24) is 10.6 Å². The molecule has 1 atom stereocenters. The van der Waals surface area contributed by atoms with Crippen molar-refractivity contribution in [2.75, 3.05) is 0 Å². The van der Waals surface area contributed by atoms with E-state index in [9.17, 15) is 19.2 Å². The molecule has 3 N–H and O–H groups in total. The molecule has 3 amide bonds. The van der Waals surface area contributed by atoms with Gasteiger partial charge in [-0.05, 0) is 32.1 Å². The molecular formula is C13H18N2O5. The molecule has 7 nitrogen and oxygen atoms in total. The van der Waals surface area contributed by atoms with Gasteiger partial charge in [-0.3, -0.25) is 24.5 Å². The van der Waals surface area contributed by atoms with E-state index in [0.29, 0.717) is 32.1 Å². The normalized spacial score (nSPS) is 30.5. The van der Waals surface area contributed by atoms with Gasteiger partial charge in [0.1, 0.15) is 6.04 Å². The molecular weight excluding hydrogens is 264 g/mol. The highest BCUT2D eigenvalue weighted by molar-refractivity contribution is 6.01. The number of hydrogen-bond acceptors (Lipinski definition) is 4. The fourth-order valence-electron chi connectivity index (χ4n) is 2.72. The van der Waals surface area contributed by atoms with Crippen LogP contribution < -0.4 is 10.6 Å². The number of rotatable bonds is 3. The van der Waals surface area contributed by atoms with E-state index in [1.165, 1.54) is 0 Å². The van der Waals surface area contributed by atoms with Crippen LogP contribution in [0.5, 0.6) is 0 Å². The van der Waals surface area contributed by atoms with E-state index < -0.39 is 17.9 Å². The van der Waals surface area contributed by atoms with Gasteiger partial charge in [0.05, 0.1) is 5.92 Å². The molecule has 0 aromatic heterocycles. The van der Waals surface area contributed by atoms with Crippen molar-refractivity contribution < 1.29 is 24.3 Å². The molecule has 0 aromatic rings. The van der Waals surface area contributed by atoms with Gasteiger partial charge in [-0.15, -0.1) is 0 Å². The highest BCUT2D eigenvalue weighted by atomic mass is 16.4. The molecule has 0 bridgehead atoms. The number of amides is 3. The highest BCUT2D eigenvalue weighted by Crippen LogP contribution is 2.29. The average Bonchev–Trinajstić information content (AvgIpc) is 2.42. The second kappa shape index (κ2) is 6.02. The van der Waals surface area contributed by atoms with Crippen LogP contribution in [-0.2, 0) is 19.2 Å². The summed E-state index contributed by atoms with van der Waals surface area (Å²) in [5.41, 5.74) is 0. The molecule has 1 saturated carbocycles. The summed E-state index contributed by atoms with van der Waals surface area (Å²) in [4.78, 5) is 45.4. The van der Waals surface area contributed by atoms with Gasteiger partial charge in [-0.1, -0.05) is 0 Å². The number of nitrogens with one attached hydrogen (secondary N) is 2. The largest absolute Gasteiger partial charge is 0.481 e. The Morgan fingerprint density at radius 2 is 1.65 bits per heavy atom. The van der Waals surface area contributed by atoms with Crippen molar-refractivity contribution in [3.8, 4) is 0 Å². The fourth-order valence-corrected chi connectivity index (χ4v) is 2.72. The minimum atomic E-state index is -0.811. The van der Waals surface area contributed by atoms with E-state index in [2.05, 4.69) is 10.6 Å². The number of carbonyl (C=O) groups excluding carboxylic acids is 3. The number of carbonyl (C=O) groups is 4. The maximum Gasteiger partial charge on any atom is 0.306 e. The number of aliphatic carboxylic acids is 1. The number of piperidine rings is 1. The van der Waals surface area contributed by atoms with Gasteiger partial charge in [0.25, 0.3) is 0 Å². The van der Waals surface area contributed by atoms with Gasteiger partial charge in [-0.25, -0.2) is 0 Å². The minimum absolute atomic E-state index is 0.219. The molecule has 20 heavy (non-hydrogen) atoms. The number of carboxylic acids is 1. The van der Waals surface area contributed by atoms with Gasteiger partial charge in [0, 0.05) is 12.3 Å². The summed E-state index contributed by atoms with van der Waals surface area (Å²) in [6.45, 7) is 0. The van der Waals surface area contributed by atoms with Gasteiger partial charge >= 0.3 is 5.97 Å². The van der Waals surface area contributed by atoms with Gasteiger partial charge in [0.15, 0.2) is 0 Å². The predicted octanol–water partition coefficient (Wildman–Crippen LogP) is -0.201. The molecule has 1 unspecified atom stereocenters. The Bertz CT molecular complexity index is 440. The monoisotopic (exact) mass is 282 g/mol. The first kappa shape index (κ1) is 14.5. The van der Waals surface area contributed by atoms with Crippen LogP contribution in [0.3, 0.4) is 0 Å². The third-order valence-electron chi connectivity index (χ3n) is 4.00. The molecule has 2 aliphatic rings. The summed E-state index contributed by atoms with van der Waals surface area (Å²) in [5.74, 6) is -2.42. The molecule has 1 aliphatic carbocycles. The lowest BCUT2D eigenvalue weighted by atomic mass is 9.81. The van der Waals surface area contributed by atoms with Crippen molar-refractivity contribution in [1.29, 1.82) is 0 Å². The topological polar surface area (TPSA) is 113 Å². The van der Waals surface area contributed by atoms with E-state index in [-0.39, 0.29) is 30.1 Å². The Balaban J connectivity index is 1.82. The zero-order valence-electron chi connectivity index (χ0n) is 11.1. The fraction of sp³-hybridized carbons (Fsp3) is 0.692. The van der Waals surface area contributed by atoms with Gasteiger partial charge < -0.3 is 10.4 Å². The Morgan fingerprint density at radius 3 is 2.20 bits per heavy atom. The maximum atomic E-state index is 12.0. The van der Waals surface area contributed by atoms with Crippen LogP contribution in [0.1, 0.15) is 38.5 Å². The van der Waals surface area contributed by atoms with E-state index in [1.807, 2.05) is 0 Å². The van der Waals surface area contributed by atoms with Crippen LogP contribution >= 0.6 is 0 Å². The third kappa shape index (κ3) is 3.34. The lowest BCUT2D eigenvalue weighted by molar-refractivity contribution is -0.144. The first-order valence-electron chi connectivity index (χ1n) is 6.84. The molecule has 0 aromatic carbocycles. The van der Waals surface area contributed by atoms with Gasteiger partial charge in [-0.2, -0.15) is 0 Å². The van der Waals surface area contributed by atoms with Crippen molar-refractivity contribution in [2.45, 2.75) is 44.6 Å². The van der Waals surface area contributed by atoms with Crippen LogP contribution in [0.2, 0.25) is 0 Å². The molecule has 110 valence electrons. The molecule has 7 heteroatoms. The van der Waals surface area contributed by atoms with Crippen LogP contribution in [-0.4, -0.2) is 34.8 Å². The second-order valence-corrected chi connectivity index (χ2v) is 5.40. The number of hydrogen-bond donors (Lipinski definition) is 3. The Hall–Kier alpha value is -1.92. The lowest BCUT2D eigenvalue weighted by Gasteiger charge is -2.28. The maximum absolute atomic E-state index is 12.0. The first-order valence-corrected chi connectivity index (χ1v) is 6.84. The zero-order chi connectivity index (χ0) is 14.7. The third-order valence-corrected chi connectivity index (χ3v) is 4.00. The van der Waals surface area contributed by atoms with E-state index in [1.54, 1.807) is 0 Å². The molecule has 0 spiro atoms. The molecule has 1 aliphatic heterocycles. The number of carboxylic acid groups (broad SMARTS) is 1. The molecule has 1 saturated heterocycles. The average molecular weight is 282 g/mol. The first-order chi connectivity index (χ1) is 9.47. The van der Waals surface area contributed by atoms with Crippen LogP contribution in [0.4, 0.5) is 0 Å². The van der Waals surface area contributed by atoms with E-state index in [4.69, 9.17) is 5.11 Å². The summed E-state index contributed by atoms with van der Waals surface area (Å²) in [5, 5.41) is 13.7. The Kier molecular flexibility index (Phi) is 4.36. The SMILES string of the molecule is O=C1CCC(NC(=O)C2CCC(C(=O)O)CC2)C(=O)N1. The molecule has 0 radical (unpaired) electrons. The van der Waals surface area contributed by atoms with Gasteiger partial charge in [0.2, 0.25) is 17.7 Å². The van der Waals surface area contributed by atoms with Crippen molar-refractivity contribution in [2.24, 2.45) is 11.8 Å². The Morgan fingerprint density at radius 1 is 1.05 bits per heavy atom. The van der Waals surface area contributed by atoms with E-state index in [0.717, 1.165) is 0 Å². The molecule has 2 fully saturated rings. The molecule has 1 heterocycles. The van der Waals surface area contributed by atoms with E-state index >= 15 is 0 Å². The summed E-state index contributed by atoms with van der Waals surface area (Å²) < 4.78 is 0. The lowest BCUT2D eigenvalue weighted by Crippen LogP contribution is -2.53. The highest BCUT2D eigenvalue weighted by Gasteiger charge is 2.33. The second-order valence-electron chi connectivity index (χ2n) is 5.40. The Labute approximate surface area is 116 Å². The van der Waals surface area contributed by atoms with Crippen molar-refractivity contribution >= 4 is 23.7 Å². The summed E-state index contributed by atoms with van der Waals surface area (Å²) in [6, 6.07) is -0.655. The standard InChI is InChI=1S/C13H18N2O5/c16-10-6-5-9(12(18)15-10)14-11(17)7-1-3-8(4-2-7)13(19)20/h7-9H,1-6H2,(H,14,17)(H,19,20)(H,15,16,18). The minimum Gasteiger partial charge on any atom is -0.481 e. The number of imide groups is 1.